The minimum absolute atomic E-state index is 0.156. The van der Waals surface area contributed by atoms with Gasteiger partial charge in [-0.05, 0) is 39.5 Å². The molecule has 1 saturated heterocycles. The van der Waals surface area contributed by atoms with E-state index in [9.17, 15) is 0 Å². The Hall–Kier alpha value is -0.610. The quantitative estimate of drug-likeness (QED) is 0.913. The highest BCUT2D eigenvalue weighted by atomic mass is 32.1. The second-order valence-corrected chi connectivity index (χ2v) is 7.40. The molecule has 1 aliphatic rings. The summed E-state index contributed by atoms with van der Waals surface area (Å²) in [5, 5.41) is 6.90. The Morgan fingerprint density at radius 1 is 1.37 bits per heavy atom. The lowest BCUT2D eigenvalue weighted by atomic mass is 9.95. The van der Waals surface area contributed by atoms with Crippen molar-refractivity contribution in [2.45, 2.75) is 59.0 Å². The van der Waals surface area contributed by atoms with Gasteiger partial charge in [0.2, 0.25) is 0 Å². The molecule has 3 nitrogen and oxygen atoms in total. The van der Waals surface area contributed by atoms with Crippen molar-refractivity contribution in [1.82, 2.24) is 10.3 Å². The van der Waals surface area contributed by atoms with Gasteiger partial charge in [0.1, 0.15) is 0 Å². The third kappa shape index (κ3) is 4.46. The van der Waals surface area contributed by atoms with Crippen molar-refractivity contribution in [2.75, 3.05) is 18.0 Å². The highest BCUT2D eigenvalue weighted by Crippen LogP contribution is 2.27. The summed E-state index contributed by atoms with van der Waals surface area (Å²) in [5.41, 5.74) is 1.33. The maximum atomic E-state index is 4.77. The summed E-state index contributed by atoms with van der Waals surface area (Å²) in [6.45, 7) is 12.1. The predicted molar refractivity (Wildman–Crippen MR) is 83.9 cm³/mol. The van der Waals surface area contributed by atoms with Crippen molar-refractivity contribution in [3.63, 3.8) is 0 Å². The third-order valence-electron chi connectivity index (χ3n) is 3.80. The van der Waals surface area contributed by atoms with Crippen molar-refractivity contribution in [3.05, 3.63) is 11.1 Å². The summed E-state index contributed by atoms with van der Waals surface area (Å²) in [4.78, 5) is 7.23. The highest BCUT2D eigenvalue weighted by molar-refractivity contribution is 7.13. The van der Waals surface area contributed by atoms with Gasteiger partial charge in [-0.1, -0.05) is 13.3 Å². The average molecular weight is 281 g/mol. The molecule has 1 aromatic heterocycles. The first-order valence-corrected chi connectivity index (χ1v) is 8.30. The first kappa shape index (κ1) is 14.8. The molecule has 0 atom stereocenters. The lowest BCUT2D eigenvalue weighted by Crippen LogP contribution is -2.35. The summed E-state index contributed by atoms with van der Waals surface area (Å²) in [5.74, 6) is 0.929. The van der Waals surface area contributed by atoms with Crippen LogP contribution in [0.1, 0.15) is 52.7 Å². The molecule has 0 aromatic carbocycles. The van der Waals surface area contributed by atoms with Crippen molar-refractivity contribution in [3.8, 4) is 0 Å². The Kier molecular flexibility index (Phi) is 4.85. The molecule has 4 heteroatoms. The topological polar surface area (TPSA) is 28.2 Å². The zero-order valence-corrected chi connectivity index (χ0v) is 13.5. The minimum atomic E-state index is 0.156. The lowest BCUT2D eigenvalue weighted by molar-refractivity contribution is 0.394. The monoisotopic (exact) mass is 281 g/mol. The van der Waals surface area contributed by atoms with Crippen LogP contribution in [-0.4, -0.2) is 23.6 Å². The number of hydrogen-bond acceptors (Lipinski definition) is 4. The summed E-state index contributed by atoms with van der Waals surface area (Å²) >= 11 is 1.79. The number of thiazole rings is 1. The Morgan fingerprint density at radius 3 is 2.63 bits per heavy atom. The van der Waals surface area contributed by atoms with E-state index in [0.29, 0.717) is 0 Å². The van der Waals surface area contributed by atoms with Gasteiger partial charge in [0.25, 0.3) is 0 Å². The fourth-order valence-corrected chi connectivity index (χ4v) is 3.29. The average Bonchev–Trinajstić information content (AvgIpc) is 2.84. The molecule has 2 heterocycles. The van der Waals surface area contributed by atoms with Crippen molar-refractivity contribution < 1.29 is 0 Å². The van der Waals surface area contributed by atoms with Gasteiger partial charge in [0.05, 0.1) is 5.69 Å². The molecular formula is C15H27N3S. The lowest BCUT2D eigenvalue weighted by Gasteiger charge is -2.31. The van der Waals surface area contributed by atoms with E-state index in [1.807, 2.05) is 0 Å². The summed E-state index contributed by atoms with van der Waals surface area (Å²) in [7, 11) is 0. The Morgan fingerprint density at radius 2 is 2.05 bits per heavy atom. The Bertz CT molecular complexity index is 386. The number of nitrogens with one attached hydrogen (secondary N) is 1. The number of anilines is 1. The Balaban J connectivity index is 1.87. The molecule has 1 aliphatic heterocycles. The second kappa shape index (κ2) is 6.23. The maximum Gasteiger partial charge on any atom is 0.185 e. The van der Waals surface area contributed by atoms with Crippen molar-refractivity contribution >= 4 is 16.5 Å². The molecule has 0 bridgehead atoms. The molecule has 0 spiro atoms. The van der Waals surface area contributed by atoms with Crippen molar-refractivity contribution in [1.29, 1.82) is 0 Å². The standard InChI is InChI=1S/C15H27N3S/c1-5-12-6-8-18(9-7-12)14-17-13(11-19-14)10-16-15(2,3)4/h11-12,16H,5-10H2,1-4H3. The highest BCUT2D eigenvalue weighted by Gasteiger charge is 2.20. The first-order chi connectivity index (χ1) is 8.98. The van der Waals surface area contributed by atoms with Gasteiger partial charge in [0.15, 0.2) is 5.13 Å². The van der Waals surface area contributed by atoms with E-state index in [1.54, 1.807) is 11.3 Å². The van der Waals surface area contributed by atoms with Crippen LogP contribution in [0.25, 0.3) is 0 Å². The summed E-state index contributed by atoms with van der Waals surface area (Å²) < 4.78 is 0. The van der Waals surface area contributed by atoms with Gasteiger partial charge in [-0.25, -0.2) is 4.98 Å². The number of aromatic nitrogens is 1. The van der Waals surface area contributed by atoms with Gasteiger partial charge in [-0.2, -0.15) is 0 Å². The van der Waals surface area contributed by atoms with Gasteiger partial charge >= 0.3 is 0 Å². The maximum absolute atomic E-state index is 4.77. The van der Waals surface area contributed by atoms with E-state index in [1.165, 1.54) is 43.2 Å². The molecule has 0 radical (unpaired) electrons. The molecule has 1 fully saturated rings. The Labute approximate surface area is 121 Å². The smallest absolute Gasteiger partial charge is 0.185 e. The molecule has 1 N–H and O–H groups in total. The van der Waals surface area contributed by atoms with Gasteiger partial charge in [0, 0.05) is 30.6 Å². The number of piperidine rings is 1. The second-order valence-electron chi connectivity index (χ2n) is 6.56. The van der Waals surface area contributed by atoms with E-state index in [0.717, 1.165) is 12.5 Å². The van der Waals surface area contributed by atoms with Crippen LogP contribution in [0.15, 0.2) is 5.38 Å². The fraction of sp³-hybridized carbons (Fsp3) is 0.800. The van der Waals surface area contributed by atoms with E-state index in [4.69, 9.17) is 4.98 Å². The van der Waals surface area contributed by atoms with Crippen LogP contribution in [-0.2, 0) is 6.54 Å². The van der Waals surface area contributed by atoms with Crippen LogP contribution in [0.2, 0.25) is 0 Å². The van der Waals surface area contributed by atoms with E-state index < -0.39 is 0 Å². The van der Waals surface area contributed by atoms with Crippen molar-refractivity contribution in [2.24, 2.45) is 5.92 Å². The van der Waals surface area contributed by atoms with E-state index in [2.05, 4.69) is 43.3 Å². The van der Waals surface area contributed by atoms with E-state index >= 15 is 0 Å². The largest absolute Gasteiger partial charge is 0.348 e. The normalized spacial score (nSPS) is 18.0. The number of nitrogens with zero attached hydrogens (tertiary/aromatic N) is 2. The summed E-state index contributed by atoms with van der Waals surface area (Å²) in [6, 6.07) is 0. The fourth-order valence-electron chi connectivity index (χ4n) is 2.41. The molecule has 0 saturated carbocycles. The van der Waals surface area contributed by atoms with Crippen LogP contribution in [0.5, 0.6) is 0 Å². The van der Waals surface area contributed by atoms with Crippen LogP contribution in [0.4, 0.5) is 5.13 Å². The molecule has 1 aromatic rings. The third-order valence-corrected chi connectivity index (χ3v) is 4.75. The van der Waals surface area contributed by atoms with Crippen LogP contribution >= 0.6 is 11.3 Å². The zero-order valence-electron chi connectivity index (χ0n) is 12.7. The van der Waals surface area contributed by atoms with Gasteiger partial charge in [-0.3, -0.25) is 0 Å². The SMILES string of the molecule is CCC1CCN(c2nc(CNC(C)(C)C)cs2)CC1. The van der Waals surface area contributed by atoms with Gasteiger partial charge in [-0.15, -0.1) is 11.3 Å². The number of rotatable bonds is 4. The van der Waals surface area contributed by atoms with Crippen LogP contribution in [0.3, 0.4) is 0 Å². The number of hydrogen-bond donors (Lipinski definition) is 1. The molecule has 0 aliphatic carbocycles. The molecule has 0 amide bonds. The minimum Gasteiger partial charge on any atom is -0.348 e. The first-order valence-electron chi connectivity index (χ1n) is 7.42. The van der Waals surface area contributed by atoms with Crippen LogP contribution in [0, 0.1) is 5.92 Å². The van der Waals surface area contributed by atoms with Gasteiger partial charge < -0.3 is 10.2 Å². The zero-order chi connectivity index (χ0) is 13.9. The molecule has 19 heavy (non-hydrogen) atoms. The molecule has 0 unspecified atom stereocenters. The summed E-state index contributed by atoms with van der Waals surface area (Å²) in [6.07, 6.45) is 3.98. The molecule has 108 valence electrons. The van der Waals surface area contributed by atoms with Crippen LogP contribution < -0.4 is 10.2 Å². The molecule has 2 rings (SSSR count). The molecular weight excluding hydrogens is 254 g/mol. The predicted octanol–water partition coefficient (Wildman–Crippen LogP) is 3.66. The van der Waals surface area contributed by atoms with E-state index in [-0.39, 0.29) is 5.54 Å².